The Bertz CT molecular complexity index is 1260. The molecule has 9 heteroatoms. The van der Waals surface area contributed by atoms with Crippen molar-refractivity contribution in [3.63, 3.8) is 0 Å². The molecule has 4 aliphatic heterocycles. The molecule has 4 heterocycles. The van der Waals surface area contributed by atoms with Gasteiger partial charge in [0.15, 0.2) is 17.7 Å². The lowest BCUT2D eigenvalue weighted by Gasteiger charge is -2.50. The summed E-state index contributed by atoms with van der Waals surface area (Å²) in [6.07, 6.45) is 1.73. The number of cyclic esters (lactones) is 1. The number of likely N-dealkylation sites (tertiary alicyclic amines) is 1. The molecule has 2 aromatic carbocycles. The van der Waals surface area contributed by atoms with Gasteiger partial charge in [-0.15, -0.1) is 0 Å². The highest BCUT2D eigenvalue weighted by Gasteiger charge is 2.62. The van der Waals surface area contributed by atoms with Crippen LogP contribution < -0.4 is 0 Å². The molecular weight excluding hydrogens is 512 g/mol. The number of benzene rings is 2. The van der Waals surface area contributed by atoms with Crippen LogP contribution in [0.3, 0.4) is 0 Å². The summed E-state index contributed by atoms with van der Waals surface area (Å²) in [4.78, 5) is 30.8. The average molecular weight is 549 g/mol. The molecule has 2 amide bonds. The molecule has 4 saturated heterocycles. The van der Waals surface area contributed by atoms with Crippen LogP contribution >= 0.6 is 0 Å². The van der Waals surface area contributed by atoms with Crippen molar-refractivity contribution in [1.82, 2.24) is 9.80 Å². The molecule has 40 heavy (non-hydrogen) atoms. The number of ether oxygens (including phenoxy) is 5. The van der Waals surface area contributed by atoms with Crippen LogP contribution in [0.5, 0.6) is 0 Å². The van der Waals surface area contributed by atoms with Gasteiger partial charge in [-0.25, -0.2) is 4.79 Å². The Morgan fingerprint density at radius 1 is 0.850 bits per heavy atom. The maximum Gasteiger partial charge on any atom is 0.411 e. The molecule has 0 aromatic heterocycles. The van der Waals surface area contributed by atoms with Gasteiger partial charge in [0.2, 0.25) is 5.91 Å². The van der Waals surface area contributed by atoms with Gasteiger partial charge in [0, 0.05) is 6.54 Å². The van der Waals surface area contributed by atoms with E-state index in [0.29, 0.717) is 6.54 Å². The number of carbonyl (C=O) groups excluding carboxylic acids is 2. The van der Waals surface area contributed by atoms with Crippen LogP contribution in [-0.2, 0) is 35.0 Å². The Kier molecular flexibility index (Phi) is 6.94. The third-order valence-electron chi connectivity index (χ3n) is 7.91. The van der Waals surface area contributed by atoms with Crippen molar-refractivity contribution in [3.05, 3.63) is 77.9 Å². The van der Waals surface area contributed by atoms with Crippen molar-refractivity contribution < 1.29 is 33.3 Å². The monoisotopic (exact) mass is 548 g/mol. The number of nitrogens with zero attached hydrogens (tertiary/aromatic N) is 2. The largest absolute Gasteiger partial charge is 0.441 e. The van der Waals surface area contributed by atoms with E-state index in [0.717, 1.165) is 11.1 Å². The van der Waals surface area contributed by atoms with Crippen molar-refractivity contribution in [1.29, 1.82) is 0 Å². The Balaban J connectivity index is 1.33. The standard InChI is InChI=1S/C31H36N2O7/c1-30(2)36-18-23(39-30)26-27(24-19-37-31(3,4)40-24)38-29(35)33(26)25-22(16-15-20-11-7-5-8-12-20)32(28(25)34)17-21-13-9-6-10-14-21/h5-16,22-27H,17-19H2,1-4H3/b16-15+/t22-,23-,24-,25+,26-,27-/m1/s1. The van der Waals surface area contributed by atoms with Gasteiger partial charge in [-0.2, -0.15) is 0 Å². The maximum atomic E-state index is 13.9. The lowest BCUT2D eigenvalue weighted by Crippen LogP contribution is -2.72. The molecule has 0 N–H and O–H groups in total. The fraction of sp³-hybridized carbons (Fsp3) is 0.484. The van der Waals surface area contributed by atoms with Crippen molar-refractivity contribution in [2.75, 3.05) is 13.2 Å². The lowest BCUT2D eigenvalue weighted by molar-refractivity contribution is -0.169. The van der Waals surface area contributed by atoms with E-state index in [1.165, 1.54) is 0 Å². The fourth-order valence-electron chi connectivity index (χ4n) is 6.05. The van der Waals surface area contributed by atoms with E-state index in [9.17, 15) is 9.59 Å². The van der Waals surface area contributed by atoms with E-state index in [-0.39, 0.29) is 25.2 Å². The van der Waals surface area contributed by atoms with Crippen LogP contribution in [0.15, 0.2) is 66.7 Å². The summed E-state index contributed by atoms with van der Waals surface area (Å²) in [5.41, 5.74) is 2.02. The van der Waals surface area contributed by atoms with Gasteiger partial charge in [-0.1, -0.05) is 72.8 Å². The number of carbonyl (C=O) groups is 2. The van der Waals surface area contributed by atoms with Gasteiger partial charge in [-0.3, -0.25) is 9.69 Å². The molecule has 4 fully saturated rings. The predicted molar refractivity (Wildman–Crippen MR) is 146 cm³/mol. The summed E-state index contributed by atoms with van der Waals surface area (Å²) in [6.45, 7) is 8.29. The molecule has 0 bridgehead atoms. The van der Waals surface area contributed by atoms with Crippen molar-refractivity contribution in [2.24, 2.45) is 0 Å². The minimum atomic E-state index is -0.825. The van der Waals surface area contributed by atoms with E-state index in [1.807, 2.05) is 101 Å². The number of rotatable bonds is 7. The molecule has 0 saturated carbocycles. The predicted octanol–water partition coefficient (Wildman–Crippen LogP) is 3.97. The summed E-state index contributed by atoms with van der Waals surface area (Å²) in [7, 11) is 0. The van der Waals surface area contributed by atoms with E-state index < -0.39 is 48.1 Å². The Morgan fingerprint density at radius 3 is 2.05 bits per heavy atom. The van der Waals surface area contributed by atoms with Crippen LogP contribution in [0.4, 0.5) is 4.79 Å². The first-order valence-electron chi connectivity index (χ1n) is 13.8. The summed E-state index contributed by atoms with van der Waals surface area (Å²) in [5, 5.41) is 0. The van der Waals surface area contributed by atoms with Gasteiger partial charge in [-0.05, 0) is 38.8 Å². The highest BCUT2D eigenvalue weighted by Crippen LogP contribution is 2.41. The highest BCUT2D eigenvalue weighted by atomic mass is 16.8. The Morgan fingerprint density at radius 2 is 1.45 bits per heavy atom. The Hall–Kier alpha value is -3.24. The van der Waals surface area contributed by atoms with Crippen LogP contribution in [0.25, 0.3) is 6.08 Å². The number of β-lactam (4-membered cyclic amide) rings is 1. The Labute approximate surface area is 234 Å². The molecule has 0 aliphatic carbocycles. The van der Waals surface area contributed by atoms with E-state index in [4.69, 9.17) is 23.7 Å². The van der Waals surface area contributed by atoms with Crippen LogP contribution in [0.2, 0.25) is 0 Å². The molecule has 2 aromatic rings. The second kappa shape index (κ2) is 10.3. The van der Waals surface area contributed by atoms with E-state index in [1.54, 1.807) is 9.80 Å². The lowest BCUT2D eigenvalue weighted by atomic mass is 9.88. The summed E-state index contributed by atoms with van der Waals surface area (Å²) < 4.78 is 30.1. The van der Waals surface area contributed by atoms with Crippen molar-refractivity contribution in [2.45, 2.75) is 82.3 Å². The molecule has 0 unspecified atom stereocenters. The first kappa shape index (κ1) is 27.0. The summed E-state index contributed by atoms with van der Waals surface area (Å²) >= 11 is 0. The molecule has 9 nitrogen and oxygen atoms in total. The zero-order valence-electron chi connectivity index (χ0n) is 23.3. The number of hydrogen-bond acceptors (Lipinski definition) is 7. The molecule has 0 spiro atoms. The molecular formula is C31H36N2O7. The summed E-state index contributed by atoms with van der Waals surface area (Å²) in [5.74, 6) is -1.77. The van der Waals surface area contributed by atoms with E-state index >= 15 is 0 Å². The van der Waals surface area contributed by atoms with Crippen LogP contribution in [-0.4, -0.2) is 83.0 Å². The van der Waals surface area contributed by atoms with Crippen LogP contribution in [0.1, 0.15) is 38.8 Å². The SMILES string of the molecule is CC1(C)OC[C@H]([C@H]2OC(=O)N([C@@H]3C(=O)N(Cc4ccccc4)[C@@H]3/C=C/c3ccccc3)[C@@H]2[C@H]2COC(C)(C)O2)O1. The van der Waals surface area contributed by atoms with Gasteiger partial charge >= 0.3 is 6.09 Å². The van der Waals surface area contributed by atoms with Crippen molar-refractivity contribution in [3.8, 4) is 0 Å². The van der Waals surface area contributed by atoms with Gasteiger partial charge in [0.1, 0.15) is 24.3 Å². The number of hydrogen-bond donors (Lipinski definition) is 0. The van der Waals surface area contributed by atoms with Gasteiger partial charge in [0.25, 0.3) is 0 Å². The number of amides is 2. The minimum absolute atomic E-state index is 0.142. The zero-order chi connectivity index (χ0) is 28.1. The first-order chi connectivity index (χ1) is 19.1. The first-order valence-corrected chi connectivity index (χ1v) is 13.8. The van der Waals surface area contributed by atoms with Gasteiger partial charge in [0.05, 0.1) is 19.3 Å². The fourth-order valence-corrected chi connectivity index (χ4v) is 6.05. The minimum Gasteiger partial charge on any atom is -0.441 e. The van der Waals surface area contributed by atoms with Gasteiger partial charge < -0.3 is 28.6 Å². The van der Waals surface area contributed by atoms with Crippen LogP contribution in [0, 0.1) is 0 Å². The normalized spacial score (nSPS) is 33.0. The molecule has 212 valence electrons. The third-order valence-corrected chi connectivity index (χ3v) is 7.91. The summed E-state index contributed by atoms with van der Waals surface area (Å²) in [6, 6.07) is 18.0. The highest BCUT2D eigenvalue weighted by molar-refractivity contribution is 5.94. The maximum absolute atomic E-state index is 13.9. The van der Waals surface area contributed by atoms with E-state index in [2.05, 4.69) is 0 Å². The molecule has 6 atom stereocenters. The van der Waals surface area contributed by atoms with Crippen molar-refractivity contribution >= 4 is 18.1 Å². The third kappa shape index (κ3) is 5.14. The second-order valence-electron chi connectivity index (χ2n) is 11.6. The average Bonchev–Trinajstić information content (AvgIpc) is 3.59. The molecule has 6 rings (SSSR count). The molecule has 4 aliphatic rings. The second-order valence-corrected chi connectivity index (χ2v) is 11.6. The molecule has 0 radical (unpaired) electrons. The smallest absolute Gasteiger partial charge is 0.411 e. The quantitative estimate of drug-likeness (QED) is 0.484. The zero-order valence-corrected chi connectivity index (χ0v) is 23.3. The topological polar surface area (TPSA) is 86.8 Å².